The molecule has 9 unspecified atom stereocenters. The second-order valence-corrected chi connectivity index (χ2v) is 46.8. The molecule has 4 aromatic carbocycles. The third-order valence-electron chi connectivity index (χ3n) is 20.4. The Labute approximate surface area is 269 Å². The number of hydrogen-bond acceptors (Lipinski definition) is 1. The van der Waals surface area contributed by atoms with Gasteiger partial charge in [-0.25, -0.2) is 0 Å². The van der Waals surface area contributed by atoms with Gasteiger partial charge in [0.25, 0.3) is 0 Å². The minimum Gasteiger partial charge on any atom is 0 e. The van der Waals surface area contributed by atoms with Crippen LogP contribution in [0.5, 0.6) is 0 Å². The number of halogens is 1. The van der Waals surface area contributed by atoms with Gasteiger partial charge in [0.05, 0.1) is 0 Å². The SMILES string of the molecule is Cl[C]12[CH]3[CH]4[C]5(P(c6ccccc6)c6ccccc6)[C]1(c1cccs1)[Fe]34251678[CH]2[CH]1[CH]6[C]7(P(c1ccccc1)c1ccccc1)[CH]28.[Ni]. The predicted octanol–water partition coefficient (Wildman–Crippen LogP) is 8.77. The van der Waals surface area contributed by atoms with Crippen LogP contribution in [-0.2, 0) is 27.3 Å². The van der Waals surface area contributed by atoms with Gasteiger partial charge in [-0.1, -0.05) is 0 Å². The zero-order valence-corrected chi connectivity index (χ0v) is 29.0. The van der Waals surface area contributed by atoms with Crippen molar-refractivity contribution < 1.29 is 23.0 Å². The van der Waals surface area contributed by atoms with Gasteiger partial charge in [0.1, 0.15) is 0 Å². The summed E-state index contributed by atoms with van der Waals surface area (Å²) in [5.74, 6) is 0. The first kappa shape index (κ1) is 24.0. The van der Waals surface area contributed by atoms with Gasteiger partial charge in [0.2, 0.25) is 0 Å². The molecule has 1 aromatic heterocycles. The Morgan fingerprint density at radius 2 is 1.00 bits per heavy atom. The van der Waals surface area contributed by atoms with Gasteiger partial charge in [-0.3, -0.25) is 0 Å². The Hall–Kier alpha value is -1.26. The van der Waals surface area contributed by atoms with Crippen LogP contribution in [0.25, 0.3) is 0 Å². The molecule has 9 atom stereocenters. The molecule has 10 aliphatic rings. The van der Waals surface area contributed by atoms with Gasteiger partial charge in [-0.15, -0.1) is 0 Å². The van der Waals surface area contributed by atoms with E-state index in [9.17, 15) is 0 Å². The Balaban J connectivity index is 0.00000217. The maximum Gasteiger partial charge on any atom is 0 e. The zero-order chi connectivity index (χ0) is 27.8. The molecule has 10 saturated heterocycles. The summed E-state index contributed by atoms with van der Waals surface area (Å²) in [7, 11) is -0.987. The zero-order valence-electron chi connectivity index (χ0n) is 23.6. The van der Waals surface area contributed by atoms with E-state index in [1.54, 1.807) is 26.1 Å². The van der Waals surface area contributed by atoms with Crippen LogP contribution >= 0.6 is 38.8 Å². The van der Waals surface area contributed by atoms with Gasteiger partial charge in [-0.05, 0) is 0 Å². The van der Waals surface area contributed by atoms with Crippen LogP contribution in [0.2, 0.25) is 28.9 Å². The summed E-state index contributed by atoms with van der Waals surface area (Å²) in [4.78, 5) is 7.66. The van der Waals surface area contributed by atoms with Gasteiger partial charge in [-0.2, -0.15) is 0 Å². The van der Waals surface area contributed by atoms with Crippen molar-refractivity contribution >= 4 is 60.0 Å². The molecular weight excluding hydrogens is 700 g/mol. The molecule has 0 N–H and O–H groups in total. The van der Waals surface area contributed by atoms with Crippen molar-refractivity contribution in [1.29, 1.82) is 0 Å². The molecule has 10 aliphatic heterocycles. The van der Waals surface area contributed by atoms with Crippen LogP contribution in [0.1, 0.15) is 4.88 Å². The number of fused-ring (bicyclic) bond motifs is 10. The van der Waals surface area contributed by atoms with E-state index in [2.05, 4.69) is 150 Å². The predicted molar refractivity (Wildman–Crippen MR) is 181 cm³/mol. The van der Waals surface area contributed by atoms with Crippen molar-refractivity contribution in [3.8, 4) is 0 Å². The fraction of sp³-hybridized carbons (Fsp3) is 0.263. The van der Waals surface area contributed by atoms with Crippen LogP contribution in [0.4, 0.5) is 0 Å². The Bertz CT molecular complexity index is 2520. The van der Waals surface area contributed by atoms with Gasteiger partial charge in [0.15, 0.2) is 0 Å². The Morgan fingerprint density at radius 3 is 1.39 bits per heavy atom. The molecule has 0 aliphatic carbocycles. The quantitative estimate of drug-likeness (QED) is 0.0894. The molecule has 0 bridgehead atoms. The van der Waals surface area contributed by atoms with Gasteiger partial charge < -0.3 is 0 Å². The van der Waals surface area contributed by atoms with Crippen LogP contribution in [0.15, 0.2) is 139 Å². The van der Waals surface area contributed by atoms with E-state index in [1.807, 2.05) is 0 Å². The van der Waals surface area contributed by atoms with Crippen LogP contribution in [-0.4, -0.2) is 11.9 Å². The number of thiophene rings is 1. The third-order valence-corrected chi connectivity index (χ3v) is 81.8. The molecule has 15 rings (SSSR count). The summed E-state index contributed by atoms with van der Waals surface area (Å²) in [6.45, 7) is -4.69. The molecule has 11 heterocycles. The maximum absolute atomic E-state index is 8.78. The van der Waals surface area contributed by atoms with E-state index >= 15 is 0 Å². The first-order chi connectivity index (χ1) is 21.0. The monoisotopic (exact) mass is 728 g/mol. The molecule has 10 fully saturated rings. The largest absolute Gasteiger partial charge is 0 e. The molecule has 5 aromatic rings. The Morgan fingerprint density at radius 1 is 0.545 bits per heavy atom. The summed E-state index contributed by atoms with van der Waals surface area (Å²) in [5.41, 5.74) is 0. The molecule has 1 spiro atoms. The van der Waals surface area contributed by atoms with Gasteiger partial charge in [0, 0.05) is 16.5 Å². The second kappa shape index (κ2) is 4.05. The van der Waals surface area contributed by atoms with Crippen LogP contribution < -0.4 is 21.2 Å². The fourth-order valence-electron chi connectivity index (χ4n) is 22.5. The van der Waals surface area contributed by atoms with E-state index in [0.29, 0.717) is 12.4 Å². The first-order valence-electron chi connectivity index (χ1n) is 15.7. The van der Waals surface area contributed by atoms with Gasteiger partial charge >= 0.3 is 255 Å². The third kappa shape index (κ3) is 0.606. The summed E-state index contributed by atoms with van der Waals surface area (Å²) in [6.07, 6.45) is 0. The molecule has 222 valence electrons. The minimum atomic E-state index is -4.69. The number of alkyl halides is 1. The second-order valence-electron chi connectivity index (χ2n) is 16.7. The van der Waals surface area contributed by atoms with Crippen LogP contribution in [0.3, 0.4) is 0 Å². The van der Waals surface area contributed by atoms with E-state index < -0.39 is 22.4 Å². The molecule has 6 heteroatoms. The standard InChI is InChI=1S/C21H15ClPS.C17H14P.Fe.Ni/c22-18-13-14-19(21(18)20-12-7-15-24-20)23(16-8-3-1-4-9-16)17-10-5-2-6-11-17;1-3-9-15(10-4-1)18(17-13-7-8-14-17)16-11-5-2-6-12-16;;/h1-15H;1-14H;;. The normalized spacial score (nSPS) is 58.1. The molecule has 0 radical (unpaired) electrons. The number of benzene rings is 4. The van der Waals surface area contributed by atoms with Crippen molar-refractivity contribution in [3.63, 3.8) is 0 Å². The summed E-state index contributed by atoms with van der Waals surface area (Å²) in [5, 5.41) is 8.93. The smallest absolute Gasteiger partial charge is 0 e. The van der Waals surface area contributed by atoms with E-state index in [1.165, 1.54) is 0 Å². The van der Waals surface area contributed by atoms with E-state index in [-0.39, 0.29) is 20.3 Å². The minimum absolute atomic E-state index is 0. The van der Waals surface area contributed by atoms with Crippen molar-refractivity contribution in [2.24, 2.45) is 0 Å². The van der Waals surface area contributed by atoms with Crippen LogP contribution in [0, 0.1) is 0 Å². The average molecular weight is 730 g/mol. The fourth-order valence-corrected chi connectivity index (χ4v) is 138. The van der Waals surface area contributed by atoms with Crippen molar-refractivity contribution in [2.45, 2.75) is 45.1 Å². The van der Waals surface area contributed by atoms with E-state index in [4.69, 9.17) is 11.6 Å². The van der Waals surface area contributed by atoms with Crippen molar-refractivity contribution in [2.75, 3.05) is 0 Å². The van der Waals surface area contributed by atoms with Crippen molar-refractivity contribution in [3.05, 3.63) is 144 Å². The van der Waals surface area contributed by atoms with E-state index in [0.717, 1.165) is 28.9 Å². The molecule has 44 heavy (non-hydrogen) atoms. The average Bonchev–Trinajstić information content (AvgIpc) is 3.95. The molecule has 0 saturated carbocycles. The topological polar surface area (TPSA) is 0 Å². The maximum atomic E-state index is 8.78. The molecule has 0 amide bonds. The number of rotatable bonds is 7. The first-order valence-corrected chi connectivity index (χ1v) is 25.7. The molecular formula is C38H29ClFeNiP2S. The number of hydrogen-bond donors (Lipinski definition) is 0. The Kier molecular flexibility index (Phi) is 2.21. The molecule has 0 nitrogen and oxygen atoms in total. The summed E-state index contributed by atoms with van der Waals surface area (Å²) in [6, 6.07) is 52.5. The summed E-state index contributed by atoms with van der Waals surface area (Å²) < 4.78 is 1.43. The summed E-state index contributed by atoms with van der Waals surface area (Å²) >= 11 is 10.9. The van der Waals surface area contributed by atoms with Crippen molar-refractivity contribution in [1.82, 2.24) is 0 Å².